The van der Waals surface area contributed by atoms with Crippen LogP contribution in [-0.4, -0.2) is 47.4 Å². The van der Waals surface area contributed by atoms with Crippen molar-refractivity contribution in [2.45, 2.75) is 65.3 Å². The van der Waals surface area contributed by atoms with Gasteiger partial charge in [0, 0.05) is 22.7 Å². The summed E-state index contributed by atoms with van der Waals surface area (Å²) in [5.74, 6) is -0.715. The summed E-state index contributed by atoms with van der Waals surface area (Å²) >= 11 is 0. The molecule has 0 aromatic carbocycles. The van der Waals surface area contributed by atoms with Crippen LogP contribution in [0.4, 0.5) is 0 Å². The summed E-state index contributed by atoms with van der Waals surface area (Å²) in [6, 6.07) is 0. The maximum absolute atomic E-state index is 13.6. The fraction of sp³-hybridized carbons (Fsp3) is 0.810. The third-order valence-corrected chi connectivity index (χ3v) is 8.47. The Balaban J connectivity index is 1.96. The van der Waals surface area contributed by atoms with E-state index in [-0.39, 0.29) is 42.0 Å². The Morgan fingerprint density at radius 2 is 1.81 bits per heavy atom. The Bertz CT molecular complexity index is 728. The lowest BCUT2D eigenvalue weighted by molar-refractivity contribution is -0.255. The van der Waals surface area contributed by atoms with Crippen LogP contribution in [0.2, 0.25) is 0 Å². The SMILES string of the molecule is COC1=C(C)[C@@H]2CC(=O)O[C@@H]3C[C@H]4[C@H](C)C[C@@H](O)[C@H](O)[C@]4(C)[C@@H](C1=O)[C@@]32C. The average Bonchev–Trinajstić information content (AvgIpc) is 2.58. The first kappa shape index (κ1) is 18.9. The first-order valence-electron chi connectivity index (χ1n) is 9.93. The Morgan fingerprint density at radius 3 is 2.44 bits per heavy atom. The number of methoxy groups -OCH3 is 1. The van der Waals surface area contributed by atoms with Gasteiger partial charge < -0.3 is 19.7 Å². The van der Waals surface area contributed by atoms with Crippen LogP contribution in [0.3, 0.4) is 0 Å². The zero-order chi connectivity index (χ0) is 19.9. The number of allylic oxidation sites excluding steroid dienone is 2. The van der Waals surface area contributed by atoms with E-state index < -0.39 is 29.0 Å². The zero-order valence-corrected chi connectivity index (χ0v) is 16.7. The third kappa shape index (κ3) is 2.14. The van der Waals surface area contributed by atoms with Crippen LogP contribution in [0.5, 0.6) is 0 Å². The number of Topliss-reactive ketones (excluding diaryl/α,β-unsaturated/α-hetero) is 1. The number of ether oxygens (including phenoxy) is 2. The molecule has 0 aromatic heterocycles. The second kappa shape index (κ2) is 5.80. The van der Waals surface area contributed by atoms with Crippen LogP contribution in [0.25, 0.3) is 0 Å². The summed E-state index contributed by atoms with van der Waals surface area (Å²) in [7, 11) is 1.48. The minimum Gasteiger partial charge on any atom is -0.493 e. The Labute approximate surface area is 159 Å². The molecule has 4 aliphatic rings. The summed E-state index contributed by atoms with van der Waals surface area (Å²) in [4.78, 5) is 26.0. The maximum Gasteiger partial charge on any atom is 0.306 e. The van der Waals surface area contributed by atoms with E-state index in [1.54, 1.807) is 0 Å². The molecule has 1 aliphatic heterocycles. The number of rotatable bonds is 1. The molecule has 0 unspecified atom stereocenters. The van der Waals surface area contributed by atoms with Crippen molar-refractivity contribution >= 4 is 11.8 Å². The van der Waals surface area contributed by atoms with E-state index in [1.165, 1.54) is 7.11 Å². The van der Waals surface area contributed by atoms with Crippen molar-refractivity contribution in [1.82, 2.24) is 0 Å². The van der Waals surface area contributed by atoms with Crippen LogP contribution in [-0.2, 0) is 19.1 Å². The highest BCUT2D eigenvalue weighted by Gasteiger charge is 2.72. The van der Waals surface area contributed by atoms with E-state index in [1.807, 2.05) is 20.8 Å². The second-order valence-corrected chi connectivity index (χ2v) is 9.55. The Hall–Kier alpha value is -1.40. The fourth-order valence-corrected chi connectivity index (χ4v) is 7.26. The molecule has 6 nitrogen and oxygen atoms in total. The first-order valence-corrected chi connectivity index (χ1v) is 9.93. The molecule has 0 spiro atoms. The molecule has 3 fully saturated rings. The lowest BCUT2D eigenvalue weighted by Crippen LogP contribution is -2.71. The average molecular weight is 378 g/mol. The van der Waals surface area contributed by atoms with E-state index >= 15 is 0 Å². The monoisotopic (exact) mass is 378 g/mol. The molecule has 0 amide bonds. The van der Waals surface area contributed by atoms with E-state index in [4.69, 9.17) is 9.47 Å². The van der Waals surface area contributed by atoms with Crippen molar-refractivity contribution in [3.63, 3.8) is 0 Å². The highest BCUT2D eigenvalue weighted by Crippen LogP contribution is 2.68. The van der Waals surface area contributed by atoms with Gasteiger partial charge in [-0.1, -0.05) is 20.8 Å². The van der Waals surface area contributed by atoms with Crippen LogP contribution in [0.1, 0.15) is 47.0 Å². The number of ketones is 1. The normalized spacial score (nSPS) is 52.0. The van der Waals surface area contributed by atoms with Gasteiger partial charge in [0.1, 0.15) is 6.10 Å². The number of carbonyl (C=O) groups excluding carboxylic acids is 2. The van der Waals surface area contributed by atoms with Gasteiger partial charge >= 0.3 is 5.97 Å². The number of aliphatic hydroxyl groups excluding tert-OH is 2. The zero-order valence-electron chi connectivity index (χ0n) is 16.7. The largest absolute Gasteiger partial charge is 0.493 e. The van der Waals surface area contributed by atoms with Gasteiger partial charge in [0.2, 0.25) is 5.78 Å². The van der Waals surface area contributed by atoms with Gasteiger partial charge in [0.15, 0.2) is 5.76 Å². The minimum absolute atomic E-state index is 0.0222. The van der Waals surface area contributed by atoms with Gasteiger partial charge in [-0.25, -0.2) is 0 Å². The van der Waals surface area contributed by atoms with Crippen LogP contribution < -0.4 is 0 Å². The van der Waals surface area contributed by atoms with Gasteiger partial charge in [0.25, 0.3) is 0 Å². The molecule has 6 heteroatoms. The van der Waals surface area contributed by atoms with E-state index in [2.05, 4.69) is 6.92 Å². The maximum atomic E-state index is 13.6. The van der Waals surface area contributed by atoms with Crippen LogP contribution in [0.15, 0.2) is 11.3 Å². The Kier molecular flexibility index (Phi) is 4.07. The molecule has 0 aromatic rings. The van der Waals surface area contributed by atoms with Crippen molar-refractivity contribution in [2.24, 2.45) is 34.5 Å². The molecule has 1 heterocycles. The molecule has 2 saturated carbocycles. The predicted molar refractivity (Wildman–Crippen MR) is 96.3 cm³/mol. The molecule has 3 aliphatic carbocycles. The topological polar surface area (TPSA) is 93.1 Å². The third-order valence-electron chi connectivity index (χ3n) is 8.47. The summed E-state index contributed by atoms with van der Waals surface area (Å²) in [6.45, 7) is 7.87. The molecule has 1 saturated heterocycles. The van der Waals surface area contributed by atoms with E-state index in [0.717, 1.165) is 5.57 Å². The molecule has 27 heavy (non-hydrogen) atoms. The second-order valence-electron chi connectivity index (χ2n) is 9.55. The number of hydrogen-bond acceptors (Lipinski definition) is 6. The molecule has 150 valence electrons. The smallest absolute Gasteiger partial charge is 0.306 e. The quantitative estimate of drug-likeness (QED) is 0.676. The van der Waals surface area contributed by atoms with Gasteiger partial charge in [-0.05, 0) is 37.2 Å². The van der Waals surface area contributed by atoms with Gasteiger partial charge in [-0.15, -0.1) is 0 Å². The number of aliphatic hydroxyl groups is 2. The lowest BCUT2D eigenvalue weighted by atomic mass is 9.39. The highest BCUT2D eigenvalue weighted by molar-refractivity contribution is 5.99. The van der Waals surface area contributed by atoms with Gasteiger partial charge in [0.05, 0.1) is 25.7 Å². The molecular weight excluding hydrogens is 348 g/mol. The van der Waals surface area contributed by atoms with Crippen molar-refractivity contribution in [3.05, 3.63) is 11.3 Å². The summed E-state index contributed by atoms with van der Waals surface area (Å²) < 4.78 is 11.3. The summed E-state index contributed by atoms with van der Waals surface area (Å²) in [5.41, 5.74) is -0.615. The lowest BCUT2D eigenvalue weighted by Gasteiger charge is -2.67. The standard InChI is InChI=1S/C21H30O6/c1-9-6-13(22)19(25)21(4)11(9)7-14-20(3)12(8-15(23)27-14)10(2)17(26-5)16(24)18(20)21/h9,11-14,18-19,22,25H,6-8H2,1-5H3/t9-,11+,12+,13-,14-,18+,19+,20-,21+/m1/s1. The number of carbonyl (C=O) groups is 2. The van der Waals surface area contributed by atoms with E-state index in [0.29, 0.717) is 18.6 Å². The van der Waals surface area contributed by atoms with Gasteiger partial charge in [-0.3, -0.25) is 9.59 Å². The minimum atomic E-state index is -1.000. The first-order chi connectivity index (χ1) is 12.6. The molecule has 2 N–H and O–H groups in total. The molecule has 4 rings (SSSR count). The van der Waals surface area contributed by atoms with Crippen molar-refractivity contribution in [2.75, 3.05) is 7.11 Å². The van der Waals surface area contributed by atoms with Crippen LogP contribution >= 0.6 is 0 Å². The summed E-state index contributed by atoms with van der Waals surface area (Å²) in [5, 5.41) is 21.6. The number of fused-ring (bicyclic) bond motifs is 2. The van der Waals surface area contributed by atoms with Crippen molar-refractivity contribution in [1.29, 1.82) is 0 Å². The number of esters is 1. The van der Waals surface area contributed by atoms with Crippen molar-refractivity contribution in [3.8, 4) is 0 Å². The fourth-order valence-electron chi connectivity index (χ4n) is 7.26. The van der Waals surface area contributed by atoms with Crippen LogP contribution in [0, 0.1) is 34.5 Å². The Morgan fingerprint density at radius 1 is 1.15 bits per heavy atom. The number of hydrogen-bond donors (Lipinski definition) is 2. The summed E-state index contributed by atoms with van der Waals surface area (Å²) in [6.07, 6.45) is -0.926. The molecule has 9 atom stereocenters. The van der Waals surface area contributed by atoms with Crippen molar-refractivity contribution < 1.29 is 29.3 Å². The van der Waals surface area contributed by atoms with Gasteiger partial charge in [-0.2, -0.15) is 0 Å². The molecule has 0 radical (unpaired) electrons. The van der Waals surface area contributed by atoms with E-state index in [9.17, 15) is 19.8 Å². The predicted octanol–water partition coefficient (Wildman–Crippen LogP) is 1.83. The molecular formula is C21H30O6. The molecule has 0 bridgehead atoms. The highest BCUT2D eigenvalue weighted by atomic mass is 16.5.